The van der Waals surface area contributed by atoms with Crippen molar-refractivity contribution < 1.29 is 17.9 Å². The summed E-state index contributed by atoms with van der Waals surface area (Å²) in [4.78, 5) is 0.259. The zero-order valence-electron chi connectivity index (χ0n) is 13.5. The maximum Gasteiger partial charge on any atom is 0.240 e. The molecule has 0 unspecified atom stereocenters. The molecule has 0 amide bonds. The Morgan fingerprint density at radius 2 is 1.52 bits per heavy atom. The third kappa shape index (κ3) is 4.24. The van der Waals surface area contributed by atoms with Gasteiger partial charge in [-0.1, -0.05) is 25.1 Å². The number of rotatable bonds is 7. The Bertz CT molecular complexity index is 755. The first kappa shape index (κ1) is 17.3. The van der Waals surface area contributed by atoms with E-state index in [-0.39, 0.29) is 11.4 Å². The standard InChI is InChI=1S/C17H21NO4S/c1-4-13-5-8-15(9-6-13)23(19,20)18-12-14-7-10-16(21-2)17(11-14)22-3/h5-11,18H,4,12H2,1-3H3. The van der Waals surface area contributed by atoms with Crippen LogP contribution in [0.4, 0.5) is 0 Å². The zero-order valence-corrected chi connectivity index (χ0v) is 14.3. The van der Waals surface area contributed by atoms with Gasteiger partial charge < -0.3 is 9.47 Å². The zero-order chi connectivity index (χ0) is 16.9. The molecule has 23 heavy (non-hydrogen) atoms. The van der Waals surface area contributed by atoms with Gasteiger partial charge in [-0.3, -0.25) is 0 Å². The molecule has 0 saturated heterocycles. The molecule has 0 aliphatic heterocycles. The van der Waals surface area contributed by atoms with E-state index in [9.17, 15) is 8.42 Å². The van der Waals surface area contributed by atoms with Gasteiger partial charge in [0.2, 0.25) is 10.0 Å². The fourth-order valence-electron chi connectivity index (χ4n) is 2.16. The van der Waals surface area contributed by atoms with Crippen molar-refractivity contribution in [2.75, 3.05) is 14.2 Å². The summed E-state index contributed by atoms with van der Waals surface area (Å²) >= 11 is 0. The van der Waals surface area contributed by atoms with Crippen LogP contribution in [-0.2, 0) is 23.0 Å². The highest BCUT2D eigenvalue weighted by Gasteiger charge is 2.14. The molecule has 6 heteroatoms. The lowest BCUT2D eigenvalue weighted by molar-refractivity contribution is 0.354. The van der Waals surface area contributed by atoms with E-state index in [4.69, 9.17) is 9.47 Å². The largest absolute Gasteiger partial charge is 0.493 e. The number of nitrogens with one attached hydrogen (secondary N) is 1. The molecule has 0 spiro atoms. The molecule has 2 aromatic rings. The molecule has 1 N–H and O–H groups in total. The molecule has 0 saturated carbocycles. The summed E-state index contributed by atoms with van der Waals surface area (Å²) in [5.74, 6) is 1.17. The molecule has 0 aliphatic carbocycles. The average Bonchev–Trinajstić information content (AvgIpc) is 2.59. The second-order valence-corrected chi connectivity index (χ2v) is 6.78. The summed E-state index contributed by atoms with van der Waals surface area (Å²) in [6.45, 7) is 2.21. The third-order valence-electron chi connectivity index (χ3n) is 3.56. The van der Waals surface area contributed by atoms with Crippen LogP contribution in [0.2, 0.25) is 0 Å². The lowest BCUT2D eigenvalue weighted by atomic mass is 10.2. The summed E-state index contributed by atoms with van der Waals surface area (Å²) in [6.07, 6.45) is 0.874. The van der Waals surface area contributed by atoms with Crippen molar-refractivity contribution in [3.63, 3.8) is 0 Å². The van der Waals surface area contributed by atoms with E-state index in [0.29, 0.717) is 11.5 Å². The van der Waals surface area contributed by atoms with E-state index in [1.807, 2.05) is 19.1 Å². The van der Waals surface area contributed by atoms with Crippen LogP contribution in [0.5, 0.6) is 11.5 Å². The van der Waals surface area contributed by atoms with Crippen LogP contribution >= 0.6 is 0 Å². The van der Waals surface area contributed by atoms with E-state index in [2.05, 4.69) is 4.72 Å². The van der Waals surface area contributed by atoms with Crippen molar-refractivity contribution >= 4 is 10.0 Å². The minimum Gasteiger partial charge on any atom is -0.493 e. The smallest absolute Gasteiger partial charge is 0.240 e. The summed E-state index contributed by atoms with van der Waals surface area (Å²) in [6, 6.07) is 12.2. The van der Waals surface area contributed by atoms with Crippen LogP contribution in [0, 0.1) is 0 Å². The minimum absolute atomic E-state index is 0.179. The van der Waals surface area contributed by atoms with E-state index in [1.54, 1.807) is 44.6 Å². The Hall–Kier alpha value is -2.05. The Morgan fingerprint density at radius 3 is 2.09 bits per heavy atom. The number of ether oxygens (including phenoxy) is 2. The maximum atomic E-state index is 12.3. The molecular weight excluding hydrogens is 314 g/mol. The van der Waals surface area contributed by atoms with Crippen LogP contribution < -0.4 is 14.2 Å². The van der Waals surface area contributed by atoms with Gasteiger partial charge >= 0.3 is 0 Å². The van der Waals surface area contributed by atoms with Crippen LogP contribution in [-0.4, -0.2) is 22.6 Å². The Labute approximate surface area is 137 Å². The van der Waals surface area contributed by atoms with Gasteiger partial charge in [0.05, 0.1) is 19.1 Å². The monoisotopic (exact) mass is 335 g/mol. The first-order chi connectivity index (χ1) is 11.0. The molecule has 5 nitrogen and oxygen atoms in total. The molecule has 0 aliphatic rings. The summed E-state index contributed by atoms with van der Waals surface area (Å²) in [7, 11) is -0.442. The highest BCUT2D eigenvalue weighted by atomic mass is 32.2. The predicted octanol–water partition coefficient (Wildman–Crippen LogP) is 2.74. The van der Waals surface area contributed by atoms with Gasteiger partial charge in [-0.25, -0.2) is 13.1 Å². The lowest BCUT2D eigenvalue weighted by Crippen LogP contribution is -2.23. The van der Waals surface area contributed by atoms with E-state index >= 15 is 0 Å². The van der Waals surface area contributed by atoms with Crippen molar-refractivity contribution in [1.82, 2.24) is 4.72 Å². The Morgan fingerprint density at radius 1 is 0.913 bits per heavy atom. The Balaban J connectivity index is 2.12. The van der Waals surface area contributed by atoms with Crippen molar-refractivity contribution in [3.05, 3.63) is 53.6 Å². The molecule has 0 bridgehead atoms. The highest BCUT2D eigenvalue weighted by Crippen LogP contribution is 2.27. The van der Waals surface area contributed by atoms with Gasteiger partial charge in [0.15, 0.2) is 11.5 Å². The van der Waals surface area contributed by atoms with Crippen LogP contribution in [0.15, 0.2) is 47.4 Å². The number of hydrogen-bond acceptors (Lipinski definition) is 4. The first-order valence-electron chi connectivity index (χ1n) is 7.29. The first-order valence-corrected chi connectivity index (χ1v) is 8.78. The van der Waals surface area contributed by atoms with Crippen molar-refractivity contribution in [2.24, 2.45) is 0 Å². The van der Waals surface area contributed by atoms with Gasteiger partial charge in [0, 0.05) is 6.54 Å². The number of aryl methyl sites for hydroxylation is 1. The second kappa shape index (κ2) is 7.48. The molecular formula is C17H21NO4S. The second-order valence-electron chi connectivity index (χ2n) is 5.01. The van der Waals surface area contributed by atoms with Crippen molar-refractivity contribution in [2.45, 2.75) is 24.8 Å². The van der Waals surface area contributed by atoms with Gasteiger partial charge in [-0.05, 0) is 41.8 Å². The number of sulfonamides is 1. The molecule has 0 aromatic heterocycles. The summed E-state index contributed by atoms with van der Waals surface area (Å²) in [5, 5.41) is 0. The average molecular weight is 335 g/mol. The minimum atomic E-state index is -3.54. The van der Waals surface area contributed by atoms with Gasteiger partial charge in [-0.2, -0.15) is 0 Å². The van der Waals surface area contributed by atoms with Gasteiger partial charge in [-0.15, -0.1) is 0 Å². The van der Waals surface area contributed by atoms with Crippen molar-refractivity contribution in [3.8, 4) is 11.5 Å². The summed E-state index contributed by atoms with van der Waals surface area (Å²) in [5.41, 5.74) is 1.89. The Kier molecular flexibility index (Phi) is 5.63. The maximum absolute atomic E-state index is 12.3. The molecule has 0 atom stereocenters. The fourth-order valence-corrected chi connectivity index (χ4v) is 3.17. The molecule has 0 heterocycles. The lowest BCUT2D eigenvalue weighted by Gasteiger charge is -2.11. The highest BCUT2D eigenvalue weighted by molar-refractivity contribution is 7.89. The molecule has 124 valence electrons. The fraction of sp³-hybridized carbons (Fsp3) is 0.294. The topological polar surface area (TPSA) is 64.6 Å². The number of benzene rings is 2. The SMILES string of the molecule is CCc1ccc(S(=O)(=O)NCc2ccc(OC)c(OC)c2)cc1. The van der Waals surface area contributed by atoms with E-state index < -0.39 is 10.0 Å². The van der Waals surface area contributed by atoms with Crippen LogP contribution in [0.3, 0.4) is 0 Å². The van der Waals surface area contributed by atoms with E-state index in [1.165, 1.54) is 0 Å². The van der Waals surface area contributed by atoms with Crippen LogP contribution in [0.25, 0.3) is 0 Å². The van der Waals surface area contributed by atoms with Gasteiger partial charge in [0.1, 0.15) is 0 Å². The van der Waals surface area contributed by atoms with Gasteiger partial charge in [0.25, 0.3) is 0 Å². The normalized spacial score (nSPS) is 11.3. The molecule has 0 radical (unpaired) electrons. The molecule has 0 fully saturated rings. The number of hydrogen-bond donors (Lipinski definition) is 1. The number of methoxy groups -OCH3 is 2. The molecule has 2 aromatic carbocycles. The quantitative estimate of drug-likeness (QED) is 0.845. The van der Waals surface area contributed by atoms with Crippen LogP contribution in [0.1, 0.15) is 18.1 Å². The third-order valence-corrected chi connectivity index (χ3v) is 4.97. The summed E-state index contributed by atoms with van der Waals surface area (Å²) < 4.78 is 37.6. The molecule has 2 rings (SSSR count). The van der Waals surface area contributed by atoms with Crippen molar-refractivity contribution in [1.29, 1.82) is 0 Å². The van der Waals surface area contributed by atoms with E-state index in [0.717, 1.165) is 17.5 Å². The predicted molar refractivity (Wildman–Crippen MR) is 89.4 cm³/mol.